The number of aliphatic hydroxyl groups is 1. The maximum Gasteiger partial charge on any atom is 0.150 e. The van der Waals surface area contributed by atoms with Crippen molar-refractivity contribution in [2.75, 3.05) is 0 Å². The van der Waals surface area contributed by atoms with Crippen LogP contribution in [0.2, 0.25) is 10.0 Å². The van der Waals surface area contributed by atoms with Crippen LogP contribution in [0.3, 0.4) is 0 Å². The highest BCUT2D eigenvalue weighted by molar-refractivity contribution is 6.37. The molecule has 6 heteroatoms. The van der Waals surface area contributed by atoms with E-state index in [1.165, 1.54) is 0 Å². The Bertz CT molecular complexity index is 968. The maximum absolute atomic E-state index is 11.0. The standard InChI is InChI=1S/C20H18Cl2N2O2/c1-12-9-13(11-25)7-8-14(12)17-10-18(20(2,3)26)23-24(17)19-15(21)5-4-6-16(19)22/h4-11,26H,1-3H3. The van der Waals surface area contributed by atoms with Gasteiger partial charge in [0.15, 0.2) is 0 Å². The van der Waals surface area contributed by atoms with E-state index >= 15 is 0 Å². The molecule has 0 spiro atoms. The van der Waals surface area contributed by atoms with E-state index in [1.807, 2.05) is 19.1 Å². The molecule has 0 unspecified atom stereocenters. The van der Waals surface area contributed by atoms with Gasteiger partial charge in [0.2, 0.25) is 0 Å². The van der Waals surface area contributed by atoms with Gasteiger partial charge >= 0.3 is 0 Å². The van der Waals surface area contributed by atoms with E-state index < -0.39 is 5.60 Å². The molecule has 0 saturated heterocycles. The second-order valence-corrected chi connectivity index (χ2v) is 7.46. The van der Waals surface area contributed by atoms with Gasteiger partial charge in [-0.1, -0.05) is 41.4 Å². The Kier molecular flexibility index (Phi) is 4.93. The van der Waals surface area contributed by atoms with Crippen LogP contribution >= 0.6 is 23.2 Å². The third-order valence-corrected chi connectivity index (χ3v) is 4.76. The zero-order chi connectivity index (χ0) is 19.1. The quantitative estimate of drug-likeness (QED) is 0.625. The number of para-hydroxylation sites is 1. The Balaban J connectivity index is 2.32. The highest BCUT2D eigenvalue weighted by atomic mass is 35.5. The second kappa shape index (κ2) is 6.88. The Morgan fingerprint density at radius 3 is 2.31 bits per heavy atom. The lowest BCUT2D eigenvalue weighted by Crippen LogP contribution is -2.16. The first kappa shape index (κ1) is 18.6. The van der Waals surface area contributed by atoms with E-state index in [0.717, 1.165) is 23.1 Å². The molecule has 4 nitrogen and oxygen atoms in total. The molecule has 0 atom stereocenters. The summed E-state index contributed by atoms with van der Waals surface area (Å²) in [5.74, 6) is 0. The molecule has 0 amide bonds. The summed E-state index contributed by atoms with van der Waals surface area (Å²) in [6, 6.07) is 12.4. The van der Waals surface area contributed by atoms with E-state index in [9.17, 15) is 9.90 Å². The molecule has 2 aromatic carbocycles. The van der Waals surface area contributed by atoms with Gasteiger partial charge in [-0.2, -0.15) is 5.10 Å². The fourth-order valence-electron chi connectivity index (χ4n) is 2.78. The van der Waals surface area contributed by atoms with Gasteiger partial charge in [-0.25, -0.2) is 4.68 Å². The van der Waals surface area contributed by atoms with Crippen molar-refractivity contribution in [2.45, 2.75) is 26.4 Å². The molecule has 0 saturated carbocycles. The van der Waals surface area contributed by atoms with Crippen LogP contribution in [-0.4, -0.2) is 21.2 Å². The predicted octanol–water partition coefficient (Wildman–Crippen LogP) is 5.19. The average molecular weight is 389 g/mol. The lowest BCUT2D eigenvalue weighted by Gasteiger charge is -2.14. The van der Waals surface area contributed by atoms with Gasteiger partial charge in [0.05, 0.1) is 21.4 Å². The smallest absolute Gasteiger partial charge is 0.150 e. The van der Waals surface area contributed by atoms with Crippen LogP contribution in [0.5, 0.6) is 0 Å². The molecule has 0 fully saturated rings. The van der Waals surface area contributed by atoms with E-state index in [0.29, 0.717) is 27.0 Å². The number of carbonyl (C=O) groups excluding carboxylic acids is 1. The molecule has 26 heavy (non-hydrogen) atoms. The van der Waals surface area contributed by atoms with Gasteiger partial charge < -0.3 is 5.11 Å². The molecular formula is C20H18Cl2N2O2. The number of hydrogen-bond acceptors (Lipinski definition) is 3. The number of carbonyl (C=O) groups is 1. The van der Waals surface area contributed by atoms with Gasteiger partial charge in [0, 0.05) is 11.1 Å². The van der Waals surface area contributed by atoms with Crippen molar-refractivity contribution in [1.82, 2.24) is 9.78 Å². The second-order valence-electron chi connectivity index (χ2n) is 6.65. The number of benzene rings is 2. The van der Waals surface area contributed by atoms with Crippen LogP contribution in [0.25, 0.3) is 16.9 Å². The van der Waals surface area contributed by atoms with Gasteiger partial charge in [-0.15, -0.1) is 0 Å². The maximum atomic E-state index is 11.0. The van der Waals surface area contributed by atoms with Crippen molar-refractivity contribution in [1.29, 1.82) is 0 Å². The lowest BCUT2D eigenvalue weighted by atomic mass is 10.0. The number of nitrogens with zero attached hydrogens (tertiary/aromatic N) is 2. The van der Waals surface area contributed by atoms with Crippen LogP contribution in [-0.2, 0) is 5.60 Å². The molecule has 1 N–H and O–H groups in total. The first-order valence-electron chi connectivity index (χ1n) is 8.06. The molecule has 0 bridgehead atoms. The summed E-state index contributed by atoms with van der Waals surface area (Å²) in [4.78, 5) is 11.0. The van der Waals surface area contributed by atoms with Gasteiger partial charge in [-0.05, 0) is 50.6 Å². The minimum absolute atomic E-state index is 0.450. The Labute approximate surface area is 162 Å². The summed E-state index contributed by atoms with van der Waals surface area (Å²) in [5.41, 5.74) is 2.99. The molecule has 0 radical (unpaired) electrons. The van der Waals surface area contributed by atoms with Gasteiger partial charge in [0.1, 0.15) is 17.6 Å². The summed E-state index contributed by atoms with van der Waals surface area (Å²) in [6.45, 7) is 5.25. The van der Waals surface area contributed by atoms with Crippen LogP contribution in [0.1, 0.15) is 35.5 Å². The van der Waals surface area contributed by atoms with Crippen molar-refractivity contribution < 1.29 is 9.90 Å². The van der Waals surface area contributed by atoms with Crippen LogP contribution in [0.15, 0.2) is 42.5 Å². The fraction of sp³-hybridized carbons (Fsp3) is 0.200. The van der Waals surface area contributed by atoms with Crippen LogP contribution in [0, 0.1) is 6.92 Å². The fourth-order valence-corrected chi connectivity index (χ4v) is 3.34. The van der Waals surface area contributed by atoms with Crippen molar-refractivity contribution in [3.63, 3.8) is 0 Å². The Hall–Kier alpha value is -2.14. The van der Waals surface area contributed by atoms with Crippen LogP contribution < -0.4 is 0 Å². The molecule has 3 aromatic rings. The third-order valence-electron chi connectivity index (χ3n) is 4.15. The lowest BCUT2D eigenvalue weighted by molar-refractivity contribution is 0.0734. The monoisotopic (exact) mass is 388 g/mol. The molecule has 0 aliphatic carbocycles. The molecular weight excluding hydrogens is 371 g/mol. The van der Waals surface area contributed by atoms with E-state index in [4.69, 9.17) is 23.2 Å². The third kappa shape index (κ3) is 3.40. The number of halogens is 2. The molecule has 0 aliphatic heterocycles. The minimum Gasteiger partial charge on any atom is -0.384 e. The highest BCUT2D eigenvalue weighted by Gasteiger charge is 2.25. The van der Waals surface area contributed by atoms with Crippen molar-refractivity contribution in [3.8, 4) is 16.9 Å². The normalized spacial score (nSPS) is 11.6. The molecule has 3 rings (SSSR count). The van der Waals surface area contributed by atoms with Crippen LogP contribution in [0.4, 0.5) is 0 Å². The van der Waals surface area contributed by atoms with Gasteiger partial charge in [-0.3, -0.25) is 4.79 Å². The summed E-state index contributed by atoms with van der Waals surface area (Å²) < 4.78 is 1.64. The zero-order valence-corrected chi connectivity index (χ0v) is 16.1. The number of aldehydes is 1. The Morgan fingerprint density at radius 1 is 1.12 bits per heavy atom. The summed E-state index contributed by atoms with van der Waals surface area (Å²) in [6.07, 6.45) is 0.807. The van der Waals surface area contributed by atoms with E-state index in [2.05, 4.69) is 5.10 Å². The van der Waals surface area contributed by atoms with Crippen molar-refractivity contribution >= 4 is 29.5 Å². The van der Waals surface area contributed by atoms with Crippen molar-refractivity contribution in [2.24, 2.45) is 0 Å². The summed E-state index contributed by atoms with van der Waals surface area (Å²) in [7, 11) is 0. The van der Waals surface area contributed by atoms with E-state index in [1.54, 1.807) is 48.9 Å². The number of aromatic nitrogens is 2. The number of rotatable bonds is 4. The average Bonchev–Trinajstić information content (AvgIpc) is 2.99. The minimum atomic E-state index is -1.13. The summed E-state index contributed by atoms with van der Waals surface area (Å²) in [5, 5.41) is 15.9. The highest BCUT2D eigenvalue weighted by Crippen LogP contribution is 2.35. The first-order chi connectivity index (χ1) is 12.2. The predicted molar refractivity (Wildman–Crippen MR) is 104 cm³/mol. The first-order valence-corrected chi connectivity index (χ1v) is 8.81. The summed E-state index contributed by atoms with van der Waals surface area (Å²) >= 11 is 12.8. The topological polar surface area (TPSA) is 55.1 Å². The number of aryl methyl sites for hydroxylation is 1. The van der Waals surface area contributed by atoms with E-state index in [-0.39, 0.29) is 0 Å². The number of hydrogen-bond donors (Lipinski definition) is 1. The Morgan fingerprint density at radius 2 is 1.77 bits per heavy atom. The van der Waals surface area contributed by atoms with Crippen molar-refractivity contribution in [3.05, 3.63) is 69.3 Å². The zero-order valence-electron chi connectivity index (χ0n) is 14.6. The molecule has 1 heterocycles. The molecule has 0 aliphatic rings. The largest absolute Gasteiger partial charge is 0.384 e. The molecule has 134 valence electrons. The SMILES string of the molecule is Cc1cc(C=O)ccc1-c1cc(C(C)(C)O)nn1-c1c(Cl)cccc1Cl. The van der Waals surface area contributed by atoms with Gasteiger partial charge in [0.25, 0.3) is 0 Å². The molecule has 1 aromatic heterocycles.